The number of nitrogens with zero attached hydrogens (tertiary/aromatic N) is 3. The van der Waals surface area contributed by atoms with E-state index in [4.69, 9.17) is 4.74 Å². The van der Waals surface area contributed by atoms with Crippen LogP contribution in [0.5, 0.6) is 0 Å². The van der Waals surface area contributed by atoms with E-state index in [0.29, 0.717) is 31.7 Å². The minimum atomic E-state index is -2.45. The first-order valence-electron chi connectivity index (χ1n) is 11.8. The van der Waals surface area contributed by atoms with Crippen LogP contribution in [0.25, 0.3) is 0 Å². The van der Waals surface area contributed by atoms with Crippen LogP contribution in [0.2, 0.25) is 0 Å². The fraction of sp³-hybridized carbons (Fsp3) is 0.826. The highest BCUT2D eigenvalue weighted by Crippen LogP contribution is 2.38. The summed E-state index contributed by atoms with van der Waals surface area (Å²) in [6.45, 7) is 8.36. The van der Waals surface area contributed by atoms with E-state index in [-0.39, 0.29) is 29.4 Å². The Balaban J connectivity index is 1.35. The number of halogens is 2. The molecular weight excluding hydrogens is 402 g/mol. The van der Waals surface area contributed by atoms with Crippen LogP contribution in [0.4, 0.5) is 14.6 Å². The van der Waals surface area contributed by atoms with Gasteiger partial charge in [-0.1, -0.05) is 20.8 Å². The Kier molecular flexibility index (Phi) is 6.56. The number of amides is 1. The summed E-state index contributed by atoms with van der Waals surface area (Å²) >= 11 is 0. The van der Waals surface area contributed by atoms with Crippen LogP contribution in [0, 0.1) is 5.92 Å². The first-order valence-corrected chi connectivity index (χ1v) is 11.8. The topological polar surface area (TPSA) is 59.4 Å². The van der Waals surface area contributed by atoms with E-state index in [1.165, 1.54) is 4.68 Å². The van der Waals surface area contributed by atoms with Crippen LogP contribution in [-0.2, 0) is 14.9 Å². The number of carbonyl (C=O) groups excluding carboxylic acids is 1. The van der Waals surface area contributed by atoms with Gasteiger partial charge in [-0.3, -0.25) is 4.79 Å². The summed E-state index contributed by atoms with van der Waals surface area (Å²) in [6, 6.07) is 1.01. The maximum atomic E-state index is 13.9. The zero-order chi connectivity index (χ0) is 22.2. The Hall–Kier alpha value is -1.70. The van der Waals surface area contributed by atoms with E-state index in [9.17, 15) is 13.6 Å². The number of aromatic nitrogens is 2. The number of ether oxygens (including phenoxy) is 1. The predicted octanol–water partition coefficient (Wildman–Crippen LogP) is 4.37. The standard InChI is InChI=1S/C23H36F2N4O2/c1-23(2,3)19-14-20-26-17(13-18(22(24)25)29(20)27-19)15-8-10-28(11-9-15)21(30)7-6-16-5-4-12-31-16/h14-18,22,26H,4-13H2,1-3H3/t16-,17+,18-/m1/s1. The second-order valence-electron chi connectivity index (χ2n) is 10.4. The number of piperidine rings is 1. The van der Waals surface area contributed by atoms with Crippen molar-refractivity contribution >= 4 is 11.7 Å². The number of fused-ring (bicyclic) bond motifs is 1. The first kappa shape index (κ1) is 22.5. The molecule has 2 saturated heterocycles. The zero-order valence-electron chi connectivity index (χ0n) is 18.9. The molecule has 6 nitrogen and oxygen atoms in total. The maximum absolute atomic E-state index is 13.9. The van der Waals surface area contributed by atoms with Gasteiger partial charge in [0.2, 0.25) is 5.91 Å². The Bertz CT molecular complexity index is 762. The fourth-order valence-corrected chi connectivity index (χ4v) is 5.12. The predicted molar refractivity (Wildman–Crippen MR) is 116 cm³/mol. The fourth-order valence-electron chi connectivity index (χ4n) is 5.12. The summed E-state index contributed by atoms with van der Waals surface area (Å²) in [6.07, 6.45) is 3.35. The lowest BCUT2D eigenvalue weighted by molar-refractivity contribution is -0.133. The molecule has 174 valence electrons. The summed E-state index contributed by atoms with van der Waals surface area (Å²) in [5.41, 5.74) is 0.636. The van der Waals surface area contributed by atoms with Crippen molar-refractivity contribution in [1.82, 2.24) is 14.7 Å². The molecule has 1 N–H and O–H groups in total. The van der Waals surface area contributed by atoms with E-state index in [2.05, 4.69) is 10.4 Å². The van der Waals surface area contributed by atoms with Crippen LogP contribution in [0.1, 0.15) is 77.5 Å². The first-order chi connectivity index (χ1) is 14.7. The molecule has 1 aromatic rings. The summed E-state index contributed by atoms with van der Waals surface area (Å²) in [7, 11) is 0. The second-order valence-corrected chi connectivity index (χ2v) is 10.4. The molecule has 0 spiro atoms. The van der Waals surface area contributed by atoms with Gasteiger partial charge in [-0.2, -0.15) is 5.10 Å². The average Bonchev–Trinajstić information content (AvgIpc) is 3.40. The number of alkyl halides is 2. The lowest BCUT2D eigenvalue weighted by atomic mass is 9.84. The molecule has 0 radical (unpaired) electrons. The molecule has 3 atom stereocenters. The smallest absolute Gasteiger partial charge is 0.260 e. The van der Waals surface area contributed by atoms with Gasteiger partial charge in [0.05, 0.1) is 11.8 Å². The minimum Gasteiger partial charge on any atom is -0.378 e. The number of rotatable bonds is 5. The molecule has 2 fully saturated rings. The Labute approximate surface area is 183 Å². The van der Waals surface area contributed by atoms with Gasteiger partial charge in [0, 0.05) is 43.6 Å². The van der Waals surface area contributed by atoms with Crippen LogP contribution in [0.15, 0.2) is 6.07 Å². The highest BCUT2D eigenvalue weighted by molar-refractivity contribution is 5.76. The SMILES string of the molecule is CC(C)(C)c1cc2n(n1)[C@@H](C(F)F)C[C@@H](C1CCN(C(=O)CC[C@H]3CCCO3)CC1)N2. The second kappa shape index (κ2) is 9.04. The minimum absolute atomic E-state index is 0.0137. The molecule has 0 aliphatic carbocycles. The van der Waals surface area contributed by atoms with Crippen molar-refractivity contribution in [3.63, 3.8) is 0 Å². The summed E-state index contributed by atoms with van der Waals surface area (Å²) in [5, 5.41) is 8.00. The van der Waals surface area contributed by atoms with Crippen molar-refractivity contribution < 1.29 is 18.3 Å². The van der Waals surface area contributed by atoms with E-state index < -0.39 is 12.5 Å². The number of likely N-dealkylation sites (tertiary alicyclic amines) is 1. The molecule has 1 amide bonds. The molecule has 1 aromatic heterocycles. The van der Waals surface area contributed by atoms with Crippen LogP contribution >= 0.6 is 0 Å². The Morgan fingerprint density at radius 3 is 2.65 bits per heavy atom. The monoisotopic (exact) mass is 438 g/mol. The molecule has 0 saturated carbocycles. The summed E-state index contributed by atoms with van der Waals surface area (Å²) in [5.74, 6) is 1.18. The molecule has 4 rings (SSSR count). The third-order valence-corrected chi connectivity index (χ3v) is 7.10. The van der Waals surface area contributed by atoms with Crippen molar-refractivity contribution in [2.45, 2.75) is 95.7 Å². The van der Waals surface area contributed by atoms with Gasteiger partial charge in [0.1, 0.15) is 11.9 Å². The van der Waals surface area contributed by atoms with E-state index in [1.54, 1.807) is 0 Å². The number of nitrogens with one attached hydrogen (secondary N) is 1. The van der Waals surface area contributed by atoms with Gasteiger partial charge >= 0.3 is 0 Å². The van der Waals surface area contributed by atoms with Crippen molar-refractivity contribution in [3.8, 4) is 0 Å². The molecule has 4 heterocycles. The van der Waals surface area contributed by atoms with Crippen LogP contribution in [0.3, 0.4) is 0 Å². The van der Waals surface area contributed by atoms with Crippen LogP contribution < -0.4 is 5.32 Å². The van der Waals surface area contributed by atoms with Crippen molar-refractivity contribution in [2.24, 2.45) is 5.92 Å². The van der Waals surface area contributed by atoms with Gasteiger partial charge in [0.15, 0.2) is 0 Å². The number of hydrogen-bond donors (Lipinski definition) is 1. The lowest BCUT2D eigenvalue weighted by Gasteiger charge is -2.40. The largest absolute Gasteiger partial charge is 0.378 e. The van der Waals surface area contributed by atoms with E-state index in [0.717, 1.165) is 44.4 Å². The summed E-state index contributed by atoms with van der Waals surface area (Å²) in [4.78, 5) is 14.5. The number of anilines is 1. The third kappa shape index (κ3) is 5.04. The van der Waals surface area contributed by atoms with Gasteiger partial charge in [-0.25, -0.2) is 13.5 Å². The van der Waals surface area contributed by atoms with E-state index >= 15 is 0 Å². The molecule has 0 aromatic carbocycles. The maximum Gasteiger partial charge on any atom is 0.260 e. The van der Waals surface area contributed by atoms with Gasteiger partial charge in [-0.15, -0.1) is 0 Å². The summed E-state index contributed by atoms with van der Waals surface area (Å²) < 4.78 is 34.9. The van der Waals surface area contributed by atoms with Gasteiger partial charge in [0.25, 0.3) is 6.43 Å². The van der Waals surface area contributed by atoms with Crippen molar-refractivity contribution in [3.05, 3.63) is 11.8 Å². The molecule has 3 aliphatic heterocycles. The number of hydrogen-bond acceptors (Lipinski definition) is 4. The van der Waals surface area contributed by atoms with Crippen LogP contribution in [-0.4, -0.2) is 58.9 Å². The third-order valence-electron chi connectivity index (χ3n) is 7.10. The van der Waals surface area contributed by atoms with Crippen molar-refractivity contribution in [2.75, 3.05) is 25.0 Å². The highest BCUT2D eigenvalue weighted by atomic mass is 19.3. The van der Waals surface area contributed by atoms with E-state index in [1.807, 2.05) is 31.7 Å². The Morgan fingerprint density at radius 2 is 2.03 bits per heavy atom. The van der Waals surface area contributed by atoms with Gasteiger partial charge in [-0.05, 0) is 44.4 Å². The van der Waals surface area contributed by atoms with Gasteiger partial charge < -0.3 is 15.0 Å². The number of carbonyl (C=O) groups is 1. The molecule has 0 unspecified atom stereocenters. The Morgan fingerprint density at radius 1 is 1.29 bits per heavy atom. The lowest BCUT2D eigenvalue weighted by Crippen LogP contribution is -2.46. The average molecular weight is 439 g/mol. The zero-order valence-corrected chi connectivity index (χ0v) is 18.9. The molecule has 31 heavy (non-hydrogen) atoms. The normalized spacial score (nSPS) is 27.4. The molecule has 3 aliphatic rings. The quantitative estimate of drug-likeness (QED) is 0.742. The molecule has 0 bridgehead atoms. The molecular formula is C23H36F2N4O2. The van der Waals surface area contributed by atoms with Crippen molar-refractivity contribution in [1.29, 1.82) is 0 Å². The highest BCUT2D eigenvalue weighted by Gasteiger charge is 2.39. The molecule has 8 heteroatoms.